The average molecular weight is 353 g/mol. The maximum Gasteiger partial charge on any atom is 0.115 e. The number of fused-ring (bicyclic) bond motifs is 1. The van der Waals surface area contributed by atoms with Gasteiger partial charge in [-0.2, -0.15) is 0 Å². The molecule has 1 aromatic carbocycles. The number of aromatic nitrogens is 3. The number of benzene rings is 1. The number of piperidine rings is 1. The summed E-state index contributed by atoms with van der Waals surface area (Å²) in [6.45, 7) is 5.10. The summed E-state index contributed by atoms with van der Waals surface area (Å²) in [5.74, 6) is 0.540. The molecular formula is C20H21ClN4. The summed E-state index contributed by atoms with van der Waals surface area (Å²) >= 11 is 6.29. The predicted molar refractivity (Wildman–Crippen MR) is 101 cm³/mol. The highest BCUT2D eigenvalue weighted by atomic mass is 35.5. The number of likely N-dealkylation sites (tertiary alicyclic amines) is 1. The van der Waals surface area contributed by atoms with Gasteiger partial charge in [0.05, 0.1) is 16.2 Å². The van der Waals surface area contributed by atoms with Gasteiger partial charge in [-0.15, -0.1) is 0 Å². The van der Waals surface area contributed by atoms with E-state index in [1.165, 1.54) is 11.3 Å². The van der Waals surface area contributed by atoms with E-state index in [9.17, 15) is 0 Å². The van der Waals surface area contributed by atoms with Gasteiger partial charge in [0, 0.05) is 29.7 Å². The van der Waals surface area contributed by atoms with Crippen molar-refractivity contribution in [2.45, 2.75) is 32.2 Å². The lowest BCUT2D eigenvalue weighted by atomic mass is 9.91. The van der Waals surface area contributed by atoms with E-state index in [0.29, 0.717) is 5.92 Å². The number of hydrogen-bond donors (Lipinski definition) is 0. The van der Waals surface area contributed by atoms with Crippen molar-refractivity contribution < 1.29 is 0 Å². The lowest BCUT2D eigenvalue weighted by molar-refractivity contribution is 0.201. The quantitative estimate of drug-likeness (QED) is 0.702. The summed E-state index contributed by atoms with van der Waals surface area (Å²) in [6, 6.07) is 10.1. The summed E-state index contributed by atoms with van der Waals surface area (Å²) < 4.78 is 0. The van der Waals surface area contributed by atoms with Gasteiger partial charge in [0.2, 0.25) is 0 Å². The molecule has 3 heterocycles. The third-order valence-corrected chi connectivity index (χ3v) is 5.33. The fourth-order valence-corrected chi connectivity index (χ4v) is 3.89. The van der Waals surface area contributed by atoms with Crippen LogP contribution < -0.4 is 0 Å². The minimum atomic E-state index is 0.540. The molecule has 4 rings (SSSR count). The zero-order chi connectivity index (χ0) is 17.2. The van der Waals surface area contributed by atoms with E-state index in [2.05, 4.69) is 33.9 Å². The highest BCUT2D eigenvalue weighted by Crippen LogP contribution is 2.29. The van der Waals surface area contributed by atoms with Gasteiger partial charge in [-0.25, -0.2) is 15.0 Å². The second kappa shape index (κ2) is 7.06. The van der Waals surface area contributed by atoms with Crippen molar-refractivity contribution in [3.63, 3.8) is 0 Å². The highest BCUT2D eigenvalue weighted by Gasteiger charge is 2.23. The van der Waals surface area contributed by atoms with Crippen molar-refractivity contribution >= 4 is 22.5 Å². The predicted octanol–water partition coefficient (Wildman–Crippen LogP) is 4.37. The first kappa shape index (κ1) is 16.4. The van der Waals surface area contributed by atoms with E-state index in [4.69, 9.17) is 16.6 Å². The minimum absolute atomic E-state index is 0.540. The Bertz CT molecular complexity index is 888. The van der Waals surface area contributed by atoms with Gasteiger partial charge in [-0.1, -0.05) is 29.8 Å². The van der Waals surface area contributed by atoms with E-state index >= 15 is 0 Å². The second-order valence-electron chi connectivity index (χ2n) is 6.76. The molecule has 0 aliphatic carbocycles. The van der Waals surface area contributed by atoms with Gasteiger partial charge < -0.3 is 0 Å². The smallest absolute Gasteiger partial charge is 0.115 e. The second-order valence-corrected chi connectivity index (χ2v) is 7.16. The van der Waals surface area contributed by atoms with Crippen LogP contribution in [0.4, 0.5) is 0 Å². The van der Waals surface area contributed by atoms with Gasteiger partial charge in [0.25, 0.3) is 0 Å². The fourth-order valence-electron chi connectivity index (χ4n) is 3.67. The molecule has 2 aromatic heterocycles. The summed E-state index contributed by atoms with van der Waals surface area (Å²) in [5.41, 5.74) is 4.39. The number of para-hydroxylation sites is 1. The Balaban J connectivity index is 1.44. The van der Waals surface area contributed by atoms with Crippen LogP contribution in [0.1, 0.15) is 35.7 Å². The molecule has 1 aliphatic heterocycles. The molecule has 0 spiro atoms. The highest BCUT2D eigenvalue weighted by molar-refractivity contribution is 6.35. The molecule has 0 atom stereocenters. The molecule has 0 bridgehead atoms. The molecule has 1 aliphatic rings. The third kappa shape index (κ3) is 3.51. The van der Waals surface area contributed by atoms with Crippen LogP contribution in [0.15, 0.2) is 42.9 Å². The Morgan fingerprint density at radius 3 is 2.80 bits per heavy atom. The Morgan fingerprint density at radius 2 is 2.00 bits per heavy atom. The zero-order valence-corrected chi connectivity index (χ0v) is 15.1. The molecule has 0 radical (unpaired) electrons. The number of hydrogen-bond acceptors (Lipinski definition) is 4. The summed E-state index contributed by atoms with van der Waals surface area (Å²) in [5, 5.41) is 1.81. The fraction of sp³-hybridized carbons (Fsp3) is 0.350. The topological polar surface area (TPSA) is 41.9 Å². The van der Waals surface area contributed by atoms with Gasteiger partial charge in [0.15, 0.2) is 0 Å². The number of nitrogens with zero attached hydrogens (tertiary/aromatic N) is 4. The van der Waals surface area contributed by atoms with Crippen LogP contribution in [0, 0.1) is 6.92 Å². The number of halogens is 1. The number of pyridine rings is 1. The molecular weight excluding hydrogens is 332 g/mol. The lowest BCUT2D eigenvalue weighted by Gasteiger charge is -2.31. The van der Waals surface area contributed by atoms with E-state index < -0.39 is 0 Å². The van der Waals surface area contributed by atoms with E-state index in [1.54, 1.807) is 6.33 Å². The number of rotatable bonds is 3. The molecule has 0 saturated carbocycles. The standard InChI is InChI=1S/C20H21ClN4/c1-14-11-22-13-23-19(14)16-7-9-25(10-8-16)12-17-6-5-15-3-2-4-18(21)20(15)24-17/h2-6,11,13,16H,7-10,12H2,1H3. The van der Waals surface area contributed by atoms with Crippen molar-refractivity contribution in [3.05, 3.63) is 64.8 Å². The van der Waals surface area contributed by atoms with Crippen LogP contribution in [0.3, 0.4) is 0 Å². The summed E-state index contributed by atoms with van der Waals surface area (Å²) in [7, 11) is 0. The maximum atomic E-state index is 6.29. The molecule has 1 fully saturated rings. The van der Waals surface area contributed by atoms with Crippen LogP contribution in [-0.2, 0) is 6.54 Å². The SMILES string of the molecule is Cc1cncnc1C1CCN(Cc2ccc3cccc(Cl)c3n2)CC1. The van der Waals surface area contributed by atoms with E-state index in [0.717, 1.165) is 54.1 Å². The summed E-state index contributed by atoms with van der Waals surface area (Å²) in [6.07, 6.45) is 5.84. The molecule has 1 saturated heterocycles. The average Bonchev–Trinajstić information content (AvgIpc) is 2.64. The molecule has 0 amide bonds. The van der Waals surface area contributed by atoms with Crippen LogP contribution in [-0.4, -0.2) is 32.9 Å². The lowest BCUT2D eigenvalue weighted by Crippen LogP contribution is -2.33. The number of aryl methyl sites for hydroxylation is 1. The molecule has 128 valence electrons. The molecule has 0 unspecified atom stereocenters. The molecule has 0 N–H and O–H groups in total. The van der Waals surface area contributed by atoms with Crippen LogP contribution in [0.25, 0.3) is 10.9 Å². The Kier molecular flexibility index (Phi) is 4.64. The van der Waals surface area contributed by atoms with Gasteiger partial charge in [-0.05, 0) is 50.6 Å². The largest absolute Gasteiger partial charge is 0.297 e. The molecule has 25 heavy (non-hydrogen) atoms. The molecule has 3 aromatic rings. The van der Waals surface area contributed by atoms with Crippen molar-refractivity contribution in [1.29, 1.82) is 0 Å². The van der Waals surface area contributed by atoms with Crippen molar-refractivity contribution in [2.24, 2.45) is 0 Å². The van der Waals surface area contributed by atoms with Crippen LogP contribution in [0.5, 0.6) is 0 Å². The monoisotopic (exact) mass is 352 g/mol. The first-order valence-electron chi connectivity index (χ1n) is 8.74. The van der Waals surface area contributed by atoms with Crippen LogP contribution >= 0.6 is 11.6 Å². The normalized spacial score (nSPS) is 16.4. The van der Waals surface area contributed by atoms with Gasteiger partial charge >= 0.3 is 0 Å². The first-order chi connectivity index (χ1) is 12.2. The Hall–Kier alpha value is -2.04. The third-order valence-electron chi connectivity index (χ3n) is 5.02. The van der Waals surface area contributed by atoms with Crippen molar-refractivity contribution in [3.8, 4) is 0 Å². The molecule has 4 nitrogen and oxygen atoms in total. The van der Waals surface area contributed by atoms with Crippen molar-refractivity contribution in [1.82, 2.24) is 19.9 Å². The maximum absolute atomic E-state index is 6.29. The van der Waals surface area contributed by atoms with Crippen molar-refractivity contribution in [2.75, 3.05) is 13.1 Å². The summed E-state index contributed by atoms with van der Waals surface area (Å²) in [4.78, 5) is 15.8. The van der Waals surface area contributed by atoms with Crippen LogP contribution in [0.2, 0.25) is 5.02 Å². The molecule has 5 heteroatoms. The zero-order valence-electron chi connectivity index (χ0n) is 14.3. The van der Waals surface area contributed by atoms with E-state index in [-0.39, 0.29) is 0 Å². The van der Waals surface area contributed by atoms with Gasteiger partial charge in [-0.3, -0.25) is 4.90 Å². The first-order valence-corrected chi connectivity index (χ1v) is 9.11. The minimum Gasteiger partial charge on any atom is -0.297 e. The Labute approximate surface area is 152 Å². The van der Waals surface area contributed by atoms with E-state index in [1.807, 2.05) is 24.4 Å². The van der Waals surface area contributed by atoms with Gasteiger partial charge in [0.1, 0.15) is 6.33 Å². The Morgan fingerprint density at radius 1 is 1.16 bits per heavy atom.